The van der Waals surface area contributed by atoms with E-state index in [0.717, 1.165) is 32.1 Å². The number of ether oxygens (including phenoxy) is 2. The number of alkyl halides is 2. The molecule has 160 valence electrons. The first-order valence-corrected chi connectivity index (χ1v) is 10.1. The third-order valence-corrected chi connectivity index (χ3v) is 5.56. The molecule has 1 N–H and O–H groups in total. The normalized spacial score (nSPS) is 19.4. The van der Waals surface area contributed by atoms with Gasteiger partial charge >= 0.3 is 12.6 Å². The van der Waals surface area contributed by atoms with Crippen LogP contribution in [0.3, 0.4) is 0 Å². The molecule has 0 amide bonds. The van der Waals surface area contributed by atoms with E-state index in [-0.39, 0.29) is 23.0 Å². The highest BCUT2D eigenvalue weighted by Gasteiger charge is 2.37. The summed E-state index contributed by atoms with van der Waals surface area (Å²) in [6, 6.07) is 3.40. The Morgan fingerprint density at radius 2 is 2.07 bits per heavy atom. The number of aromatic nitrogens is 3. The fourth-order valence-electron chi connectivity index (χ4n) is 3.98. The predicted octanol–water partition coefficient (Wildman–Crippen LogP) is 4.70. The number of hydrogen-bond donors (Lipinski definition) is 1. The van der Waals surface area contributed by atoms with Gasteiger partial charge in [0.15, 0.2) is 0 Å². The minimum absolute atomic E-state index is 0.0986. The van der Waals surface area contributed by atoms with Gasteiger partial charge in [0.2, 0.25) is 5.95 Å². The second kappa shape index (κ2) is 8.59. The predicted molar refractivity (Wildman–Crippen MR) is 106 cm³/mol. The molecule has 2 aromatic rings. The first-order valence-electron chi connectivity index (χ1n) is 9.76. The Morgan fingerprint density at radius 1 is 1.30 bits per heavy atom. The zero-order chi connectivity index (χ0) is 21.3. The molecule has 10 heteroatoms. The van der Waals surface area contributed by atoms with E-state index in [1.54, 1.807) is 6.92 Å². The molecule has 0 spiro atoms. The Hall–Kier alpha value is -2.68. The van der Waals surface area contributed by atoms with Gasteiger partial charge in [0, 0.05) is 16.3 Å². The van der Waals surface area contributed by atoms with Gasteiger partial charge in [0.05, 0.1) is 5.57 Å². The standard InChI is InChI=1S/C20H21ClF2N4O3/c1-11-16(18(28)29-13-5-3-2-4-6-13)17(27-20(26-11)24-10-25-27)14-9-12(21)7-8-15(14)30-19(22)23/h7-10,13,17,19H,2-6H2,1H3,(H,24,25,26). The van der Waals surface area contributed by atoms with Gasteiger partial charge in [-0.1, -0.05) is 18.0 Å². The number of hydrogen-bond acceptors (Lipinski definition) is 6. The Labute approximate surface area is 177 Å². The Balaban J connectivity index is 1.77. The molecule has 1 atom stereocenters. The lowest BCUT2D eigenvalue weighted by Crippen LogP contribution is -2.32. The molecule has 4 rings (SSSR count). The second-order valence-corrected chi connectivity index (χ2v) is 7.76. The summed E-state index contributed by atoms with van der Waals surface area (Å²) in [4.78, 5) is 17.3. The van der Waals surface area contributed by atoms with Crippen LogP contribution >= 0.6 is 11.6 Å². The fourth-order valence-corrected chi connectivity index (χ4v) is 4.16. The van der Waals surface area contributed by atoms with Gasteiger partial charge in [0.1, 0.15) is 24.2 Å². The largest absolute Gasteiger partial charge is 0.459 e. The van der Waals surface area contributed by atoms with Crippen molar-refractivity contribution in [1.82, 2.24) is 14.8 Å². The van der Waals surface area contributed by atoms with Crippen molar-refractivity contribution in [2.75, 3.05) is 5.32 Å². The van der Waals surface area contributed by atoms with Gasteiger partial charge in [0.25, 0.3) is 0 Å². The van der Waals surface area contributed by atoms with Gasteiger partial charge in [-0.15, -0.1) is 0 Å². The third kappa shape index (κ3) is 4.12. The van der Waals surface area contributed by atoms with E-state index in [9.17, 15) is 13.6 Å². The van der Waals surface area contributed by atoms with Crippen LogP contribution in [0.1, 0.15) is 50.6 Å². The van der Waals surface area contributed by atoms with Crippen molar-refractivity contribution in [3.05, 3.63) is 46.4 Å². The number of anilines is 1. The van der Waals surface area contributed by atoms with Crippen molar-refractivity contribution in [2.24, 2.45) is 0 Å². The van der Waals surface area contributed by atoms with Gasteiger partial charge in [-0.05, 0) is 50.8 Å². The van der Waals surface area contributed by atoms with Crippen LogP contribution in [0, 0.1) is 0 Å². The lowest BCUT2D eigenvalue weighted by atomic mass is 9.94. The number of nitrogens with one attached hydrogen (secondary N) is 1. The Bertz CT molecular complexity index is 973. The smallest absolute Gasteiger partial charge is 0.387 e. The van der Waals surface area contributed by atoms with Crippen LogP contribution < -0.4 is 10.1 Å². The summed E-state index contributed by atoms with van der Waals surface area (Å²) >= 11 is 6.16. The van der Waals surface area contributed by atoms with Crippen molar-refractivity contribution >= 4 is 23.5 Å². The molecule has 1 aromatic heterocycles. The molecule has 2 heterocycles. The summed E-state index contributed by atoms with van der Waals surface area (Å²) in [6.07, 6.45) is 5.90. The average Bonchev–Trinajstić information content (AvgIpc) is 3.16. The molecule has 1 fully saturated rings. The molecule has 1 aromatic carbocycles. The zero-order valence-corrected chi connectivity index (χ0v) is 17.0. The maximum atomic E-state index is 13.2. The summed E-state index contributed by atoms with van der Waals surface area (Å²) < 4.78 is 38.0. The van der Waals surface area contributed by atoms with Crippen molar-refractivity contribution in [2.45, 2.75) is 57.8 Å². The molecule has 1 unspecified atom stereocenters. The van der Waals surface area contributed by atoms with E-state index >= 15 is 0 Å². The van der Waals surface area contributed by atoms with Crippen molar-refractivity contribution in [3.8, 4) is 5.75 Å². The van der Waals surface area contributed by atoms with Crippen LogP contribution in [0.4, 0.5) is 14.7 Å². The Kier molecular flexibility index (Phi) is 5.90. The van der Waals surface area contributed by atoms with E-state index in [4.69, 9.17) is 21.1 Å². The molecule has 0 saturated heterocycles. The number of halogens is 3. The first-order chi connectivity index (χ1) is 14.4. The van der Waals surface area contributed by atoms with Crippen LogP contribution in [-0.2, 0) is 9.53 Å². The summed E-state index contributed by atoms with van der Waals surface area (Å²) in [6.45, 7) is -1.33. The summed E-state index contributed by atoms with van der Waals surface area (Å²) in [7, 11) is 0. The number of fused-ring (bicyclic) bond motifs is 1. The summed E-state index contributed by atoms with van der Waals surface area (Å²) in [5.74, 6) is -0.255. The third-order valence-electron chi connectivity index (χ3n) is 5.32. The molecule has 7 nitrogen and oxygen atoms in total. The number of carbonyl (C=O) groups excluding carboxylic acids is 1. The number of esters is 1. The summed E-state index contributed by atoms with van der Waals surface area (Å²) in [5.41, 5.74) is 1.02. The zero-order valence-electron chi connectivity index (χ0n) is 16.3. The topological polar surface area (TPSA) is 78.3 Å². The van der Waals surface area contributed by atoms with Crippen LogP contribution in [-0.4, -0.2) is 33.4 Å². The fraction of sp³-hybridized carbons (Fsp3) is 0.450. The van der Waals surface area contributed by atoms with E-state index in [0.29, 0.717) is 16.7 Å². The summed E-state index contributed by atoms with van der Waals surface area (Å²) in [5, 5.41) is 7.53. The first kappa shape index (κ1) is 20.6. The molecular weight excluding hydrogens is 418 g/mol. The number of nitrogens with zero attached hydrogens (tertiary/aromatic N) is 3. The molecule has 0 radical (unpaired) electrons. The minimum atomic E-state index is -3.04. The maximum Gasteiger partial charge on any atom is 0.387 e. The van der Waals surface area contributed by atoms with E-state index in [1.165, 1.54) is 29.2 Å². The molecule has 2 aliphatic rings. The minimum Gasteiger partial charge on any atom is -0.459 e. The van der Waals surface area contributed by atoms with E-state index in [2.05, 4.69) is 15.4 Å². The van der Waals surface area contributed by atoms with Crippen LogP contribution in [0.2, 0.25) is 5.02 Å². The van der Waals surface area contributed by atoms with Gasteiger partial charge in [-0.2, -0.15) is 18.9 Å². The van der Waals surface area contributed by atoms with E-state index < -0.39 is 18.6 Å². The Morgan fingerprint density at radius 3 is 2.80 bits per heavy atom. The highest BCUT2D eigenvalue weighted by molar-refractivity contribution is 6.30. The number of allylic oxidation sites excluding steroid dienone is 1. The van der Waals surface area contributed by atoms with Gasteiger partial charge < -0.3 is 14.8 Å². The number of benzene rings is 1. The molecular formula is C20H21ClF2N4O3. The quantitative estimate of drug-likeness (QED) is 0.682. The van der Waals surface area contributed by atoms with Crippen molar-refractivity contribution in [1.29, 1.82) is 0 Å². The van der Waals surface area contributed by atoms with Crippen LogP contribution in [0.5, 0.6) is 5.75 Å². The maximum absolute atomic E-state index is 13.2. The van der Waals surface area contributed by atoms with E-state index in [1.807, 2.05) is 0 Å². The second-order valence-electron chi connectivity index (χ2n) is 7.32. The SMILES string of the molecule is CC1=C(C(=O)OC2CCCCC2)C(c2cc(Cl)ccc2OC(F)F)n2ncnc2N1. The van der Waals surface area contributed by atoms with Gasteiger partial charge in [-0.3, -0.25) is 0 Å². The lowest BCUT2D eigenvalue weighted by Gasteiger charge is -2.31. The van der Waals surface area contributed by atoms with Crippen molar-refractivity contribution < 1.29 is 23.0 Å². The number of carbonyl (C=O) groups is 1. The monoisotopic (exact) mass is 438 g/mol. The average molecular weight is 439 g/mol. The molecule has 0 bridgehead atoms. The highest BCUT2D eigenvalue weighted by atomic mass is 35.5. The highest BCUT2D eigenvalue weighted by Crippen LogP contribution is 2.41. The lowest BCUT2D eigenvalue weighted by molar-refractivity contribution is -0.146. The molecule has 1 aliphatic heterocycles. The molecule has 1 aliphatic carbocycles. The molecule has 30 heavy (non-hydrogen) atoms. The number of rotatable bonds is 5. The van der Waals surface area contributed by atoms with Crippen LogP contribution in [0.25, 0.3) is 0 Å². The van der Waals surface area contributed by atoms with Gasteiger partial charge in [-0.25, -0.2) is 9.48 Å². The van der Waals surface area contributed by atoms with Crippen molar-refractivity contribution in [3.63, 3.8) is 0 Å². The molecule has 1 saturated carbocycles. The van der Waals surface area contributed by atoms with Crippen LogP contribution in [0.15, 0.2) is 35.8 Å².